The maximum atomic E-state index is 12.4. The minimum absolute atomic E-state index is 0.260. The molecule has 118 valence electrons. The number of nitrogens with zero attached hydrogens (tertiary/aromatic N) is 2. The Balaban J connectivity index is 1.91. The number of Topliss-reactive ketones (excluding diaryl/α,β-unsaturated/α-hetero) is 1. The van der Waals surface area contributed by atoms with Gasteiger partial charge in [0.15, 0.2) is 0 Å². The molecule has 1 aliphatic carbocycles. The summed E-state index contributed by atoms with van der Waals surface area (Å²) in [5.41, 5.74) is 1.37. The molecule has 0 aromatic carbocycles. The Morgan fingerprint density at radius 3 is 2.52 bits per heavy atom. The fourth-order valence-corrected chi connectivity index (χ4v) is 3.38. The van der Waals surface area contributed by atoms with Gasteiger partial charge >= 0.3 is 0 Å². The molecule has 3 nitrogen and oxygen atoms in total. The molecule has 1 saturated carbocycles. The number of aromatic nitrogens is 2. The number of hydrogen-bond acceptors (Lipinski definition) is 2. The third-order valence-electron chi connectivity index (χ3n) is 5.13. The predicted octanol–water partition coefficient (Wildman–Crippen LogP) is 4.57. The zero-order valence-corrected chi connectivity index (χ0v) is 14.1. The maximum Gasteiger partial charge on any atom is 0.141 e. The number of hydrogen-bond donors (Lipinski definition) is 0. The standard InChI is InChI=1S/C18H30N2O/c1-5-16(6-2)20-12-9-15(19-20)13-17(21)14-7-10-18(3,4)11-8-14/h9,12,14,16H,5-8,10-11,13H2,1-4H3. The number of carbonyl (C=O) groups is 1. The summed E-state index contributed by atoms with van der Waals surface area (Å²) < 4.78 is 2.03. The summed E-state index contributed by atoms with van der Waals surface area (Å²) in [6.45, 7) is 8.99. The SMILES string of the molecule is CCC(CC)n1ccc(CC(=O)C2CCC(C)(C)CC2)n1. The highest BCUT2D eigenvalue weighted by Gasteiger charge is 2.30. The fourth-order valence-electron chi connectivity index (χ4n) is 3.38. The molecule has 1 heterocycles. The van der Waals surface area contributed by atoms with Gasteiger partial charge in [-0.15, -0.1) is 0 Å². The van der Waals surface area contributed by atoms with Crippen molar-refractivity contribution >= 4 is 5.78 Å². The van der Waals surface area contributed by atoms with Crippen molar-refractivity contribution < 1.29 is 4.79 Å². The monoisotopic (exact) mass is 290 g/mol. The predicted molar refractivity (Wildman–Crippen MR) is 86.3 cm³/mol. The van der Waals surface area contributed by atoms with Gasteiger partial charge < -0.3 is 0 Å². The first kappa shape index (κ1) is 16.3. The van der Waals surface area contributed by atoms with Gasteiger partial charge in [-0.3, -0.25) is 9.48 Å². The average Bonchev–Trinajstić information content (AvgIpc) is 2.88. The second-order valence-corrected chi connectivity index (χ2v) is 7.34. The quantitative estimate of drug-likeness (QED) is 0.769. The molecule has 21 heavy (non-hydrogen) atoms. The lowest BCUT2D eigenvalue weighted by Crippen LogP contribution is -2.27. The van der Waals surface area contributed by atoms with E-state index in [1.807, 2.05) is 16.9 Å². The first-order chi connectivity index (χ1) is 9.95. The van der Waals surface area contributed by atoms with Crippen molar-refractivity contribution in [3.8, 4) is 0 Å². The number of ketones is 1. The van der Waals surface area contributed by atoms with Crippen molar-refractivity contribution in [2.24, 2.45) is 11.3 Å². The second kappa shape index (κ2) is 6.76. The maximum absolute atomic E-state index is 12.4. The Morgan fingerprint density at radius 2 is 1.95 bits per heavy atom. The molecule has 3 heteroatoms. The van der Waals surface area contributed by atoms with E-state index < -0.39 is 0 Å². The molecule has 1 aromatic heterocycles. The van der Waals surface area contributed by atoms with Crippen LogP contribution in [0.4, 0.5) is 0 Å². The van der Waals surface area contributed by atoms with E-state index in [9.17, 15) is 4.79 Å². The first-order valence-corrected chi connectivity index (χ1v) is 8.52. The fraction of sp³-hybridized carbons (Fsp3) is 0.778. The van der Waals surface area contributed by atoms with Crippen molar-refractivity contribution in [1.29, 1.82) is 0 Å². The van der Waals surface area contributed by atoms with E-state index in [0.717, 1.165) is 31.4 Å². The van der Waals surface area contributed by atoms with Crippen molar-refractivity contribution in [2.75, 3.05) is 0 Å². The topological polar surface area (TPSA) is 34.9 Å². The smallest absolute Gasteiger partial charge is 0.141 e. The molecule has 0 saturated heterocycles. The van der Waals surface area contributed by atoms with Gasteiger partial charge in [0, 0.05) is 12.1 Å². The highest BCUT2D eigenvalue weighted by atomic mass is 16.1. The largest absolute Gasteiger partial charge is 0.299 e. The summed E-state index contributed by atoms with van der Waals surface area (Å²) in [5, 5.41) is 4.61. The van der Waals surface area contributed by atoms with Crippen LogP contribution in [0.3, 0.4) is 0 Å². The first-order valence-electron chi connectivity index (χ1n) is 8.52. The van der Waals surface area contributed by atoms with E-state index in [2.05, 4.69) is 32.8 Å². The van der Waals surface area contributed by atoms with E-state index in [0.29, 0.717) is 23.7 Å². The van der Waals surface area contributed by atoms with Crippen molar-refractivity contribution in [3.05, 3.63) is 18.0 Å². The van der Waals surface area contributed by atoms with E-state index in [1.165, 1.54) is 12.8 Å². The van der Waals surface area contributed by atoms with Crippen LogP contribution in [0.1, 0.15) is 78.0 Å². The molecule has 0 bridgehead atoms. The van der Waals surface area contributed by atoms with Crippen LogP contribution in [0.25, 0.3) is 0 Å². The van der Waals surface area contributed by atoms with Gasteiger partial charge in [-0.2, -0.15) is 5.10 Å². The zero-order chi connectivity index (χ0) is 15.5. The van der Waals surface area contributed by atoms with Crippen LogP contribution < -0.4 is 0 Å². The summed E-state index contributed by atoms with van der Waals surface area (Å²) >= 11 is 0. The minimum Gasteiger partial charge on any atom is -0.299 e. The second-order valence-electron chi connectivity index (χ2n) is 7.34. The number of carbonyl (C=O) groups excluding carboxylic acids is 1. The third kappa shape index (κ3) is 4.18. The Hall–Kier alpha value is -1.12. The summed E-state index contributed by atoms with van der Waals surface area (Å²) in [5.74, 6) is 0.650. The lowest BCUT2D eigenvalue weighted by atomic mass is 9.71. The molecule has 1 fully saturated rings. The molecule has 0 N–H and O–H groups in total. The summed E-state index contributed by atoms with van der Waals surface area (Å²) in [6, 6.07) is 2.48. The Bertz CT molecular complexity index is 461. The van der Waals surface area contributed by atoms with Crippen LogP contribution in [0.5, 0.6) is 0 Å². The molecule has 2 rings (SSSR count). The van der Waals surface area contributed by atoms with E-state index in [-0.39, 0.29) is 5.92 Å². The van der Waals surface area contributed by atoms with Gasteiger partial charge in [0.05, 0.1) is 18.2 Å². The van der Waals surface area contributed by atoms with Crippen LogP contribution in [-0.4, -0.2) is 15.6 Å². The van der Waals surface area contributed by atoms with Crippen LogP contribution in [0.2, 0.25) is 0 Å². The van der Waals surface area contributed by atoms with Gasteiger partial charge in [0.25, 0.3) is 0 Å². The van der Waals surface area contributed by atoms with Crippen LogP contribution in [0, 0.1) is 11.3 Å². The third-order valence-corrected chi connectivity index (χ3v) is 5.13. The molecule has 0 unspecified atom stereocenters. The normalized spacial score (nSPS) is 19.1. The molecule has 1 aliphatic rings. The number of rotatable bonds is 6. The van der Waals surface area contributed by atoms with E-state index in [1.54, 1.807) is 0 Å². The molecular weight excluding hydrogens is 260 g/mol. The molecule has 0 aliphatic heterocycles. The molecular formula is C18H30N2O. The van der Waals surface area contributed by atoms with Gasteiger partial charge in [-0.1, -0.05) is 27.7 Å². The summed E-state index contributed by atoms with van der Waals surface area (Å²) in [4.78, 5) is 12.4. The lowest BCUT2D eigenvalue weighted by Gasteiger charge is -2.33. The van der Waals surface area contributed by atoms with E-state index >= 15 is 0 Å². The van der Waals surface area contributed by atoms with Gasteiger partial charge in [-0.05, 0) is 50.0 Å². The average molecular weight is 290 g/mol. The Morgan fingerprint density at radius 1 is 1.33 bits per heavy atom. The van der Waals surface area contributed by atoms with Gasteiger partial charge in [0.1, 0.15) is 5.78 Å². The summed E-state index contributed by atoms with van der Waals surface area (Å²) in [6.07, 6.45) is 9.17. The molecule has 0 amide bonds. The summed E-state index contributed by atoms with van der Waals surface area (Å²) in [7, 11) is 0. The van der Waals surface area contributed by atoms with Crippen LogP contribution in [0.15, 0.2) is 12.3 Å². The van der Waals surface area contributed by atoms with Crippen molar-refractivity contribution in [3.63, 3.8) is 0 Å². The van der Waals surface area contributed by atoms with Gasteiger partial charge in [0.2, 0.25) is 0 Å². The molecule has 1 aromatic rings. The Labute approximate surface area is 129 Å². The van der Waals surface area contributed by atoms with Crippen LogP contribution >= 0.6 is 0 Å². The van der Waals surface area contributed by atoms with E-state index in [4.69, 9.17) is 0 Å². The van der Waals surface area contributed by atoms with Crippen molar-refractivity contribution in [1.82, 2.24) is 9.78 Å². The van der Waals surface area contributed by atoms with Crippen LogP contribution in [-0.2, 0) is 11.2 Å². The Kier molecular flexibility index (Phi) is 5.23. The highest BCUT2D eigenvalue weighted by molar-refractivity contribution is 5.82. The lowest BCUT2D eigenvalue weighted by molar-refractivity contribution is -0.123. The minimum atomic E-state index is 0.260. The van der Waals surface area contributed by atoms with Crippen molar-refractivity contribution in [2.45, 2.75) is 78.7 Å². The molecule has 0 atom stereocenters. The zero-order valence-electron chi connectivity index (χ0n) is 14.1. The highest BCUT2D eigenvalue weighted by Crippen LogP contribution is 2.38. The van der Waals surface area contributed by atoms with Gasteiger partial charge in [-0.25, -0.2) is 0 Å². The molecule has 0 radical (unpaired) electrons. The molecule has 0 spiro atoms.